The van der Waals surface area contributed by atoms with Crippen LogP contribution in [0.3, 0.4) is 0 Å². The van der Waals surface area contributed by atoms with Crippen LogP contribution in [0.2, 0.25) is 0 Å². The minimum Gasteiger partial charge on any atom is -0.508 e. The number of unbranched alkanes of at least 4 members (excludes halogenated alkanes) is 3. The molecule has 0 fully saturated rings. The van der Waals surface area contributed by atoms with Gasteiger partial charge >= 0.3 is 0 Å². The molecule has 0 radical (unpaired) electrons. The number of aromatic hydroxyl groups is 2. The van der Waals surface area contributed by atoms with E-state index in [1.165, 1.54) is 16.8 Å². The Labute approximate surface area is 233 Å². The highest BCUT2D eigenvalue weighted by molar-refractivity contribution is 5.96. The second-order valence-corrected chi connectivity index (χ2v) is 9.76. The van der Waals surface area contributed by atoms with Gasteiger partial charge in [-0.3, -0.25) is 14.7 Å². The number of carbonyl (C=O) groups is 1. The van der Waals surface area contributed by atoms with Crippen molar-refractivity contribution in [2.24, 2.45) is 10.2 Å². The lowest BCUT2D eigenvalue weighted by atomic mass is 10.0. The molecule has 0 aliphatic carbocycles. The minimum absolute atomic E-state index is 0.0576. The fourth-order valence-electron chi connectivity index (χ4n) is 4.39. The zero-order valence-electron chi connectivity index (χ0n) is 22.9. The summed E-state index contributed by atoms with van der Waals surface area (Å²) in [5.74, 6) is -0.147. The molecule has 0 unspecified atom stereocenters. The summed E-state index contributed by atoms with van der Waals surface area (Å²) in [6, 6.07) is 19.2. The van der Waals surface area contributed by atoms with Crippen molar-refractivity contribution < 1.29 is 15.0 Å². The molecule has 208 valence electrons. The summed E-state index contributed by atoms with van der Waals surface area (Å²) in [5.41, 5.74) is 3.25. The monoisotopic (exact) mass is 541 g/mol. The predicted octanol–water partition coefficient (Wildman–Crippen LogP) is 6.40. The van der Waals surface area contributed by atoms with Gasteiger partial charge < -0.3 is 15.5 Å². The van der Waals surface area contributed by atoms with Gasteiger partial charge in [0.1, 0.15) is 11.5 Å². The van der Waals surface area contributed by atoms with Gasteiger partial charge in [-0.1, -0.05) is 56.5 Å². The molecule has 0 saturated carbocycles. The smallest absolute Gasteiger partial charge is 0.299 e. The number of H-pyrrole nitrogens is 1. The zero-order valence-corrected chi connectivity index (χ0v) is 22.9. The summed E-state index contributed by atoms with van der Waals surface area (Å²) in [7, 11) is 0. The van der Waals surface area contributed by atoms with Crippen LogP contribution in [0, 0.1) is 6.92 Å². The summed E-state index contributed by atoms with van der Waals surface area (Å²) in [6.07, 6.45) is 5.29. The maximum atomic E-state index is 13.4. The van der Waals surface area contributed by atoms with Crippen molar-refractivity contribution in [2.75, 3.05) is 6.54 Å². The predicted molar refractivity (Wildman–Crippen MR) is 155 cm³/mol. The first-order valence-corrected chi connectivity index (χ1v) is 13.6. The number of phenolic OH excluding ortho intramolecular Hbond substituents is 2. The van der Waals surface area contributed by atoms with E-state index in [-0.39, 0.29) is 22.9 Å². The molecule has 9 heteroatoms. The van der Waals surface area contributed by atoms with Gasteiger partial charge in [-0.25, -0.2) is 4.68 Å². The highest BCUT2D eigenvalue weighted by atomic mass is 16.3. The highest BCUT2D eigenvalue weighted by Crippen LogP contribution is 2.25. The van der Waals surface area contributed by atoms with E-state index in [1.54, 1.807) is 24.3 Å². The number of azo groups is 1. The third kappa shape index (κ3) is 7.05. The molecular formula is C31H35N5O4. The lowest BCUT2D eigenvalue weighted by molar-refractivity contribution is 0.0948. The van der Waals surface area contributed by atoms with Crippen LogP contribution in [-0.4, -0.2) is 32.4 Å². The number of aromatic amines is 1. The van der Waals surface area contributed by atoms with Gasteiger partial charge in [0, 0.05) is 6.54 Å². The first kappa shape index (κ1) is 28.4. The van der Waals surface area contributed by atoms with Crippen LogP contribution in [-0.2, 0) is 12.8 Å². The van der Waals surface area contributed by atoms with E-state index in [0.717, 1.165) is 36.8 Å². The third-order valence-electron chi connectivity index (χ3n) is 6.71. The van der Waals surface area contributed by atoms with Crippen LogP contribution in [0.25, 0.3) is 5.69 Å². The molecule has 0 bridgehead atoms. The first-order chi connectivity index (χ1) is 19.4. The topological polar surface area (TPSA) is 132 Å². The standard InChI is InChI=1S/C31H35N5O4/c1-3-4-5-8-19-32-30(39)28-29(31(40)36(35-28)26-10-7-6-9-21(26)2)34-33-24-15-12-22(13-16-24)11-14-23-20-25(37)17-18-27(23)38/h6-7,9-10,12-13,15-18,20,35,37-38H,3-5,8,11,14,19H2,1-2H3,(H,32,39). The molecule has 1 amide bonds. The highest BCUT2D eigenvalue weighted by Gasteiger charge is 2.21. The first-order valence-electron chi connectivity index (χ1n) is 13.6. The van der Waals surface area contributed by atoms with Crippen molar-refractivity contribution in [1.82, 2.24) is 15.1 Å². The number of benzene rings is 3. The van der Waals surface area contributed by atoms with E-state index in [1.807, 2.05) is 37.3 Å². The maximum absolute atomic E-state index is 13.4. The Hall–Kier alpha value is -4.66. The van der Waals surface area contributed by atoms with E-state index in [0.29, 0.717) is 36.3 Å². The summed E-state index contributed by atoms with van der Waals surface area (Å²) in [4.78, 5) is 26.4. The summed E-state index contributed by atoms with van der Waals surface area (Å²) >= 11 is 0. The molecule has 4 N–H and O–H groups in total. The number of phenols is 2. The van der Waals surface area contributed by atoms with Crippen molar-refractivity contribution in [1.29, 1.82) is 0 Å². The van der Waals surface area contributed by atoms with Crippen molar-refractivity contribution in [2.45, 2.75) is 52.4 Å². The second-order valence-electron chi connectivity index (χ2n) is 9.76. The van der Waals surface area contributed by atoms with Gasteiger partial charge in [-0.2, -0.15) is 5.11 Å². The van der Waals surface area contributed by atoms with Crippen LogP contribution < -0.4 is 10.9 Å². The number of aryl methyl sites for hydroxylation is 3. The summed E-state index contributed by atoms with van der Waals surface area (Å²) < 4.78 is 1.33. The number of para-hydroxylation sites is 1. The van der Waals surface area contributed by atoms with Crippen molar-refractivity contribution in [3.05, 3.63) is 99.5 Å². The number of rotatable bonds is 12. The molecule has 0 aliphatic heterocycles. The average Bonchev–Trinajstić information content (AvgIpc) is 3.28. The van der Waals surface area contributed by atoms with E-state index < -0.39 is 11.5 Å². The van der Waals surface area contributed by atoms with Gasteiger partial charge in [-0.15, -0.1) is 5.11 Å². The Kier molecular flexibility index (Phi) is 9.51. The van der Waals surface area contributed by atoms with E-state index in [4.69, 9.17) is 0 Å². The van der Waals surface area contributed by atoms with E-state index in [2.05, 4.69) is 27.6 Å². The van der Waals surface area contributed by atoms with Gasteiger partial charge in [0.15, 0.2) is 11.4 Å². The number of hydrogen-bond donors (Lipinski definition) is 4. The number of nitrogens with one attached hydrogen (secondary N) is 2. The fourth-order valence-corrected chi connectivity index (χ4v) is 4.39. The van der Waals surface area contributed by atoms with E-state index in [9.17, 15) is 19.8 Å². The fraction of sp³-hybridized carbons (Fsp3) is 0.290. The Bertz CT molecular complexity index is 1540. The normalized spacial score (nSPS) is 11.2. The lowest BCUT2D eigenvalue weighted by Gasteiger charge is -2.06. The van der Waals surface area contributed by atoms with Gasteiger partial charge in [0.05, 0.1) is 11.4 Å². The molecule has 4 rings (SSSR count). The lowest BCUT2D eigenvalue weighted by Crippen LogP contribution is -2.25. The molecule has 9 nitrogen and oxygen atoms in total. The van der Waals surface area contributed by atoms with Crippen molar-refractivity contribution >= 4 is 17.3 Å². The van der Waals surface area contributed by atoms with E-state index >= 15 is 0 Å². The number of carbonyl (C=O) groups excluding carboxylic acids is 1. The molecule has 3 aromatic carbocycles. The van der Waals surface area contributed by atoms with Gasteiger partial charge in [0.2, 0.25) is 0 Å². The van der Waals surface area contributed by atoms with Gasteiger partial charge in [0.25, 0.3) is 11.5 Å². The molecule has 0 aliphatic rings. The number of aromatic nitrogens is 2. The Morgan fingerprint density at radius 3 is 2.48 bits per heavy atom. The molecule has 0 saturated heterocycles. The number of hydrogen-bond acceptors (Lipinski definition) is 6. The summed E-state index contributed by atoms with van der Waals surface area (Å²) in [6.45, 7) is 4.53. The zero-order chi connectivity index (χ0) is 28.5. The molecule has 1 aromatic heterocycles. The quantitative estimate of drug-likeness (QED) is 0.0939. The molecule has 4 aromatic rings. The minimum atomic E-state index is -0.461. The molecule has 40 heavy (non-hydrogen) atoms. The van der Waals surface area contributed by atoms with Crippen molar-refractivity contribution in [3.63, 3.8) is 0 Å². The molecule has 0 spiro atoms. The Morgan fingerprint density at radius 1 is 0.950 bits per heavy atom. The van der Waals surface area contributed by atoms with Gasteiger partial charge in [-0.05, 0) is 79.3 Å². The molecular weight excluding hydrogens is 506 g/mol. The summed E-state index contributed by atoms with van der Waals surface area (Å²) in [5, 5.41) is 34.0. The van der Waals surface area contributed by atoms with Crippen molar-refractivity contribution in [3.8, 4) is 17.2 Å². The third-order valence-corrected chi connectivity index (χ3v) is 6.71. The second kappa shape index (κ2) is 13.4. The van der Waals surface area contributed by atoms with Crippen LogP contribution in [0.5, 0.6) is 11.5 Å². The van der Waals surface area contributed by atoms with Crippen LogP contribution in [0.15, 0.2) is 81.8 Å². The maximum Gasteiger partial charge on any atom is 0.299 e. The van der Waals surface area contributed by atoms with Crippen LogP contribution >= 0.6 is 0 Å². The molecule has 1 heterocycles. The largest absolute Gasteiger partial charge is 0.508 e. The SMILES string of the molecule is CCCCCCNC(=O)c1[nH]n(-c2ccccc2C)c(=O)c1N=Nc1ccc(CCc2cc(O)ccc2O)cc1. The number of amides is 1. The number of nitrogens with zero attached hydrogens (tertiary/aromatic N) is 3. The Balaban J connectivity index is 1.54. The van der Waals surface area contributed by atoms with Crippen LogP contribution in [0.4, 0.5) is 11.4 Å². The average molecular weight is 542 g/mol. The molecule has 0 atom stereocenters. The Morgan fingerprint density at radius 2 is 1.73 bits per heavy atom. The van der Waals surface area contributed by atoms with Crippen LogP contribution in [0.1, 0.15) is 59.8 Å².